The first kappa shape index (κ1) is 15.9. The summed E-state index contributed by atoms with van der Waals surface area (Å²) in [6, 6.07) is 4.20. The molecule has 1 aromatic carbocycles. The molecule has 1 aliphatic carbocycles. The molecule has 114 valence electrons. The summed E-state index contributed by atoms with van der Waals surface area (Å²) in [6.45, 7) is 0.236. The highest BCUT2D eigenvalue weighted by Gasteiger charge is 2.17. The van der Waals surface area contributed by atoms with Crippen LogP contribution in [0.2, 0.25) is 0 Å². The van der Waals surface area contributed by atoms with Crippen molar-refractivity contribution in [3.63, 3.8) is 0 Å². The van der Waals surface area contributed by atoms with E-state index in [9.17, 15) is 14.0 Å². The van der Waals surface area contributed by atoms with E-state index < -0.39 is 11.7 Å². The molecule has 0 aliphatic heterocycles. The lowest BCUT2D eigenvalue weighted by atomic mass is 10.2. The van der Waals surface area contributed by atoms with Gasteiger partial charge >= 0.3 is 0 Å². The average molecular weight is 357 g/mol. The van der Waals surface area contributed by atoms with Crippen LogP contribution in [0.25, 0.3) is 0 Å². The zero-order chi connectivity index (χ0) is 15.2. The number of rotatable bonds is 5. The first-order valence-corrected chi connectivity index (χ1v) is 7.88. The van der Waals surface area contributed by atoms with Gasteiger partial charge in [0.25, 0.3) is 5.91 Å². The Labute approximate surface area is 131 Å². The Kier molecular flexibility index (Phi) is 5.73. The molecule has 1 aliphatic rings. The van der Waals surface area contributed by atoms with Crippen LogP contribution in [0.4, 0.5) is 4.39 Å². The third-order valence-electron chi connectivity index (χ3n) is 3.53. The molecule has 2 amide bonds. The van der Waals surface area contributed by atoms with Crippen molar-refractivity contribution in [1.29, 1.82) is 0 Å². The first-order valence-electron chi connectivity index (χ1n) is 7.09. The molecule has 0 aromatic heterocycles. The summed E-state index contributed by atoms with van der Waals surface area (Å²) in [5.74, 6) is -0.919. The smallest absolute Gasteiger partial charge is 0.252 e. The molecule has 1 saturated carbocycles. The van der Waals surface area contributed by atoms with Gasteiger partial charge in [0.2, 0.25) is 5.91 Å². The maximum Gasteiger partial charge on any atom is 0.252 e. The molecule has 0 atom stereocenters. The summed E-state index contributed by atoms with van der Waals surface area (Å²) < 4.78 is 13.6. The summed E-state index contributed by atoms with van der Waals surface area (Å²) >= 11 is 3.20. The molecule has 1 aromatic rings. The van der Waals surface area contributed by atoms with E-state index in [-0.39, 0.29) is 30.5 Å². The molecular formula is C15H18BrFN2O2. The van der Waals surface area contributed by atoms with Gasteiger partial charge in [-0.1, -0.05) is 12.8 Å². The fraction of sp³-hybridized carbons (Fsp3) is 0.467. The summed E-state index contributed by atoms with van der Waals surface area (Å²) in [7, 11) is 0. The minimum absolute atomic E-state index is 0.0551. The third kappa shape index (κ3) is 4.81. The molecule has 0 unspecified atom stereocenters. The molecule has 0 saturated heterocycles. The molecule has 2 rings (SSSR count). The highest BCUT2D eigenvalue weighted by atomic mass is 79.9. The van der Waals surface area contributed by atoms with Gasteiger partial charge in [-0.3, -0.25) is 9.59 Å². The SMILES string of the molecule is O=C(CCNC(=O)c1cc(F)ccc1Br)NC1CCCC1. The second kappa shape index (κ2) is 7.54. The third-order valence-corrected chi connectivity index (χ3v) is 4.22. The van der Waals surface area contributed by atoms with E-state index in [0.717, 1.165) is 31.7 Å². The Morgan fingerprint density at radius 1 is 1.29 bits per heavy atom. The van der Waals surface area contributed by atoms with Crippen molar-refractivity contribution in [2.75, 3.05) is 6.54 Å². The van der Waals surface area contributed by atoms with Gasteiger partial charge in [-0.2, -0.15) is 0 Å². The van der Waals surface area contributed by atoms with E-state index in [4.69, 9.17) is 0 Å². The molecule has 0 heterocycles. The predicted molar refractivity (Wildman–Crippen MR) is 81.4 cm³/mol. The summed E-state index contributed by atoms with van der Waals surface area (Å²) in [5, 5.41) is 5.58. The Morgan fingerprint density at radius 3 is 2.71 bits per heavy atom. The monoisotopic (exact) mass is 356 g/mol. The van der Waals surface area contributed by atoms with Crippen LogP contribution in [0.3, 0.4) is 0 Å². The van der Waals surface area contributed by atoms with E-state index >= 15 is 0 Å². The zero-order valence-corrected chi connectivity index (χ0v) is 13.2. The van der Waals surface area contributed by atoms with E-state index in [1.165, 1.54) is 12.1 Å². The maximum absolute atomic E-state index is 13.1. The van der Waals surface area contributed by atoms with Crippen molar-refractivity contribution in [2.24, 2.45) is 0 Å². The topological polar surface area (TPSA) is 58.2 Å². The largest absolute Gasteiger partial charge is 0.353 e. The van der Waals surface area contributed by atoms with Gasteiger partial charge in [0, 0.05) is 23.5 Å². The van der Waals surface area contributed by atoms with Crippen LogP contribution in [0.15, 0.2) is 22.7 Å². The van der Waals surface area contributed by atoms with Gasteiger partial charge in [-0.15, -0.1) is 0 Å². The van der Waals surface area contributed by atoms with E-state index in [0.29, 0.717) is 4.47 Å². The Bertz CT molecular complexity index is 530. The van der Waals surface area contributed by atoms with E-state index in [1.807, 2.05) is 0 Å². The van der Waals surface area contributed by atoms with Gasteiger partial charge in [-0.25, -0.2) is 4.39 Å². The molecular weight excluding hydrogens is 339 g/mol. The Morgan fingerprint density at radius 2 is 2.00 bits per heavy atom. The fourth-order valence-corrected chi connectivity index (χ4v) is 2.85. The summed E-state index contributed by atoms with van der Waals surface area (Å²) in [5.41, 5.74) is 0.228. The molecule has 21 heavy (non-hydrogen) atoms. The number of nitrogens with one attached hydrogen (secondary N) is 2. The van der Waals surface area contributed by atoms with Crippen LogP contribution in [-0.2, 0) is 4.79 Å². The highest BCUT2D eigenvalue weighted by Crippen LogP contribution is 2.18. The number of benzene rings is 1. The van der Waals surface area contributed by atoms with Gasteiger partial charge < -0.3 is 10.6 Å². The standard InChI is InChI=1S/C15H18BrFN2O2/c16-13-6-5-10(17)9-12(13)15(21)18-8-7-14(20)19-11-3-1-2-4-11/h5-6,9,11H,1-4,7-8H2,(H,18,21)(H,19,20). The minimum atomic E-state index is -0.470. The Balaban J connectivity index is 1.76. The minimum Gasteiger partial charge on any atom is -0.353 e. The summed E-state index contributed by atoms with van der Waals surface area (Å²) in [6.07, 6.45) is 4.63. The Hall–Kier alpha value is -1.43. The summed E-state index contributed by atoms with van der Waals surface area (Å²) in [4.78, 5) is 23.6. The first-order chi connectivity index (χ1) is 10.1. The van der Waals surface area contributed by atoms with Crippen LogP contribution in [0.1, 0.15) is 42.5 Å². The molecule has 0 radical (unpaired) electrons. The number of carbonyl (C=O) groups excluding carboxylic acids is 2. The number of halogens is 2. The molecule has 2 N–H and O–H groups in total. The quantitative estimate of drug-likeness (QED) is 0.852. The van der Waals surface area contributed by atoms with Crippen molar-refractivity contribution in [3.05, 3.63) is 34.1 Å². The number of amides is 2. The zero-order valence-electron chi connectivity index (χ0n) is 11.6. The molecule has 1 fully saturated rings. The van der Waals surface area contributed by atoms with Crippen LogP contribution in [0.5, 0.6) is 0 Å². The number of hydrogen-bond donors (Lipinski definition) is 2. The van der Waals surface area contributed by atoms with Crippen LogP contribution in [0, 0.1) is 5.82 Å². The molecule has 0 spiro atoms. The van der Waals surface area contributed by atoms with E-state index in [2.05, 4.69) is 26.6 Å². The van der Waals surface area contributed by atoms with Gasteiger partial charge in [0.05, 0.1) is 5.56 Å². The fourth-order valence-electron chi connectivity index (χ4n) is 2.43. The van der Waals surface area contributed by atoms with Crippen molar-refractivity contribution in [2.45, 2.75) is 38.1 Å². The lowest BCUT2D eigenvalue weighted by Gasteiger charge is -2.12. The van der Waals surface area contributed by atoms with Crippen molar-refractivity contribution in [1.82, 2.24) is 10.6 Å². The second-order valence-corrected chi connectivity index (χ2v) is 6.03. The highest BCUT2D eigenvalue weighted by molar-refractivity contribution is 9.10. The van der Waals surface area contributed by atoms with Crippen molar-refractivity contribution >= 4 is 27.7 Å². The average Bonchev–Trinajstić information content (AvgIpc) is 2.94. The van der Waals surface area contributed by atoms with Crippen molar-refractivity contribution < 1.29 is 14.0 Å². The van der Waals surface area contributed by atoms with Crippen molar-refractivity contribution in [3.8, 4) is 0 Å². The normalized spacial score (nSPS) is 15.0. The lowest BCUT2D eigenvalue weighted by Crippen LogP contribution is -2.35. The van der Waals surface area contributed by atoms with Crippen LogP contribution in [-0.4, -0.2) is 24.4 Å². The predicted octanol–water partition coefficient (Wildman–Crippen LogP) is 2.77. The number of carbonyl (C=O) groups is 2. The lowest BCUT2D eigenvalue weighted by molar-refractivity contribution is -0.121. The van der Waals surface area contributed by atoms with E-state index in [1.54, 1.807) is 0 Å². The number of hydrogen-bond acceptors (Lipinski definition) is 2. The van der Waals surface area contributed by atoms with Crippen LogP contribution >= 0.6 is 15.9 Å². The van der Waals surface area contributed by atoms with Gasteiger partial charge in [0.15, 0.2) is 0 Å². The maximum atomic E-state index is 13.1. The van der Waals surface area contributed by atoms with Crippen LogP contribution < -0.4 is 10.6 Å². The molecule has 4 nitrogen and oxygen atoms in total. The van der Waals surface area contributed by atoms with Gasteiger partial charge in [-0.05, 0) is 47.0 Å². The molecule has 6 heteroatoms. The second-order valence-electron chi connectivity index (χ2n) is 5.18. The van der Waals surface area contributed by atoms with Gasteiger partial charge in [0.1, 0.15) is 5.82 Å². The molecule has 0 bridgehead atoms.